The molecule has 3 heterocycles. The molecule has 19 nitrogen and oxygen atoms in total. The number of hydrogen-bond acceptors (Lipinski definition) is 18. The molecule has 1 amide bonds. The van der Waals surface area contributed by atoms with Crippen LogP contribution in [0.5, 0.6) is 0 Å². The monoisotopic (exact) mass is 1480 g/mol. The lowest BCUT2D eigenvalue weighted by atomic mass is 9.96. The summed E-state index contributed by atoms with van der Waals surface area (Å²) in [6.07, 6.45) is 56.8. The smallest absolute Gasteiger partial charge is 0.220 e. The van der Waals surface area contributed by atoms with Gasteiger partial charge in [-0.15, -0.1) is 0 Å². The fraction of sp³-hybridized carbons (Fsp3) is 0.894. The minimum Gasteiger partial charge on any atom is -0.394 e. The second-order valence-corrected chi connectivity index (χ2v) is 30.6. The molecule has 3 fully saturated rings. The Bertz CT molecular complexity index is 2060. The van der Waals surface area contributed by atoms with Gasteiger partial charge in [-0.3, -0.25) is 4.79 Å². The molecule has 0 aromatic carbocycles. The van der Waals surface area contributed by atoms with Gasteiger partial charge in [0, 0.05) is 6.42 Å². The van der Waals surface area contributed by atoms with Crippen molar-refractivity contribution in [3.63, 3.8) is 0 Å². The van der Waals surface area contributed by atoms with Crippen LogP contribution in [0.3, 0.4) is 0 Å². The normalized spacial score (nSPS) is 26.1. The SMILES string of the molecule is CCCCCCC/C=C\C/C=C\CCCCCCCCCCCCCCCCCCCC(=O)NC(COC1OC(CO)C(OC2OC(CO)C(OC3OC(CO)C(O)C(O)C3O)C(O)C2O)C(O)C1O)C(O)/C=C/CC/C=C/CCCCCCCCCCCCCCCCCCCCCCCCCC. The second-order valence-electron chi connectivity index (χ2n) is 30.6. The Balaban J connectivity index is 1.36. The van der Waals surface area contributed by atoms with Crippen molar-refractivity contribution in [2.24, 2.45) is 0 Å². The Hall–Kier alpha value is -2.25. The Morgan fingerprint density at radius 3 is 1.02 bits per heavy atom. The first kappa shape index (κ1) is 96.0. The Morgan fingerprint density at radius 1 is 0.346 bits per heavy atom. The van der Waals surface area contributed by atoms with Crippen LogP contribution in [0.15, 0.2) is 48.6 Å². The summed E-state index contributed by atoms with van der Waals surface area (Å²) in [7, 11) is 0. The first-order valence-electron chi connectivity index (χ1n) is 42.9. The molecular formula is C85H157NO18. The molecule has 0 aromatic heterocycles. The van der Waals surface area contributed by atoms with Crippen LogP contribution < -0.4 is 5.32 Å². The minimum atomic E-state index is -1.98. The van der Waals surface area contributed by atoms with E-state index in [1.807, 2.05) is 6.08 Å². The van der Waals surface area contributed by atoms with Crippen LogP contribution in [0.1, 0.15) is 354 Å². The quantitative estimate of drug-likeness (QED) is 0.0199. The topological polar surface area (TPSA) is 307 Å². The highest BCUT2D eigenvalue weighted by Crippen LogP contribution is 2.33. The molecule has 0 aromatic rings. The van der Waals surface area contributed by atoms with E-state index in [0.29, 0.717) is 12.8 Å². The lowest BCUT2D eigenvalue weighted by Crippen LogP contribution is -2.66. The van der Waals surface area contributed by atoms with E-state index in [1.54, 1.807) is 6.08 Å². The Morgan fingerprint density at radius 2 is 0.644 bits per heavy atom. The van der Waals surface area contributed by atoms with Crippen LogP contribution in [-0.4, -0.2) is 193 Å². The molecule has 17 atom stereocenters. The lowest BCUT2D eigenvalue weighted by Gasteiger charge is -2.48. The van der Waals surface area contributed by atoms with Gasteiger partial charge in [-0.05, 0) is 64.2 Å². The van der Waals surface area contributed by atoms with Gasteiger partial charge in [-0.25, -0.2) is 0 Å². The third kappa shape index (κ3) is 44.6. The molecule has 12 N–H and O–H groups in total. The highest BCUT2D eigenvalue weighted by Gasteiger charge is 2.54. The van der Waals surface area contributed by atoms with E-state index < -0.39 is 124 Å². The van der Waals surface area contributed by atoms with Gasteiger partial charge in [0.05, 0.1) is 38.6 Å². The lowest BCUT2D eigenvalue weighted by molar-refractivity contribution is -0.379. The zero-order valence-electron chi connectivity index (χ0n) is 65.5. The molecule has 19 heteroatoms. The van der Waals surface area contributed by atoms with Gasteiger partial charge in [0.1, 0.15) is 73.2 Å². The number of rotatable bonds is 69. The van der Waals surface area contributed by atoms with E-state index in [2.05, 4.69) is 55.6 Å². The number of unbranched alkanes of at least 4 members (excludes halogenated alkanes) is 47. The third-order valence-corrected chi connectivity index (χ3v) is 21.3. The van der Waals surface area contributed by atoms with Gasteiger partial charge in [-0.2, -0.15) is 0 Å². The molecule has 0 aliphatic carbocycles. The number of allylic oxidation sites excluding steroid dienone is 7. The standard InChI is InChI=1S/C85H157NO18/c1-3-5-7-9-11-13-15-17-19-21-23-25-27-29-31-33-35-36-38-40-42-44-46-48-50-52-54-56-58-60-62-69(90)68(86-73(91)63-61-59-57-55-53-51-49-47-45-43-41-39-37-34-32-30-28-26-24-22-20-18-16-14-12-10-8-6-4-2)67-99-83-79(97)76(94)81(71(65-88)101-83)104-85-80(98)77(95)82(72(66-89)102-85)103-84-78(96)75(93)74(92)70(64-87)100-84/h16,18,22,24,52,54,60,62,68-72,74-85,87-90,92-98H,3-15,17,19-21,23,25-51,53,55-59,61,63-67H2,1-2H3,(H,86,91)/b18-16-,24-22-,54-52+,62-60+. The van der Waals surface area contributed by atoms with Crippen LogP contribution in [0.2, 0.25) is 0 Å². The zero-order chi connectivity index (χ0) is 75.3. The number of nitrogens with one attached hydrogen (secondary N) is 1. The van der Waals surface area contributed by atoms with Gasteiger partial charge >= 0.3 is 0 Å². The van der Waals surface area contributed by atoms with Gasteiger partial charge in [0.2, 0.25) is 5.91 Å². The van der Waals surface area contributed by atoms with Crippen LogP contribution in [0.4, 0.5) is 0 Å². The number of carbonyl (C=O) groups excluding carboxylic acids is 1. The summed E-state index contributed by atoms with van der Waals surface area (Å²) < 4.78 is 34.5. The second kappa shape index (κ2) is 65.5. The maximum absolute atomic E-state index is 13.5. The van der Waals surface area contributed by atoms with Crippen LogP contribution >= 0.6 is 0 Å². The van der Waals surface area contributed by atoms with Gasteiger partial charge < -0.3 is 89.9 Å². The molecule has 17 unspecified atom stereocenters. The highest BCUT2D eigenvalue weighted by atomic mass is 16.8. The van der Waals surface area contributed by atoms with Crippen molar-refractivity contribution in [1.29, 1.82) is 0 Å². The van der Waals surface area contributed by atoms with Crippen molar-refractivity contribution in [3.8, 4) is 0 Å². The van der Waals surface area contributed by atoms with Gasteiger partial charge in [-0.1, -0.05) is 332 Å². The average Bonchev–Trinajstić information content (AvgIpc) is 0.781. The number of aliphatic hydroxyl groups excluding tert-OH is 11. The Labute approximate surface area is 631 Å². The van der Waals surface area contributed by atoms with E-state index in [4.69, 9.17) is 28.4 Å². The van der Waals surface area contributed by atoms with Crippen molar-refractivity contribution < 1.29 is 89.4 Å². The maximum atomic E-state index is 13.5. The summed E-state index contributed by atoms with van der Waals surface area (Å²) >= 11 is 0. The fourth-order valence-electron chi connectivity index (χ4n) is 14.5. The van der Waals surface area contributed by atoms with Crippen molar-refractivity contribution >= 4 is 5.91 Å². The first-order valence-corrected chi connectivity index (χ1v) is 42.9. The number of hydrogen-bond donors (Lipinski definition) is 12. The Kier molecular flexibility index (Phi) is 60.4. The molecule has 0 spiro atoms. The molecule has 104 heavy (non-hydrogen) atoms. The van der Waals surface area contributed by atoms with E-state index in [-0.39, 0.29) is 18.9 Å². The summed E-state index contributed by atoms with van der Waals surface area (Å²) in [5.74, 6) is -0.280. The summed E-state index contributed by atoms with van der Waals surface area (Å²) in [5.41, 5.74) is 0. The van der Waals surface area contributed by atoms with Crippen LogP contribution in [0, 0.1) is 0 Å². The molecule has 3 saturated heterocycles. The summed E-state index contributed by atoms with van der Waals surface area (Å²) in [5, 5.41) is 121. The largest absolute Gasteiger partial charge is 0.394 e. The van der Waals surface area contributed by atoms with Gasteiger partial charge in [0.25, 0.3) is 0 Å². The number of aliphatic hydroxyl groups is 11. The van der Waals surface area contributed by atoms with Crippen molar-refractivity contribution in [2.75, 3.05) is 26.4 Å². The minimum absolute atomic E-state index is 0.237. The molecular weight excluding hydrogens is 1320 g/mol. The van der Waals surface area contributed by atoms with Crippen molar-refractivity contribution in [2.45, 2.75) is 458 Å². The predicted molar refractivity (Wildman–Crippen MR) is 416 cm³/mol. The zero-order valence-corrected chi connectivity index (χ0v) is 65.5. The number of carbonyl (C=O) groups is 1. The summed E-state index contributed by atoms with van der Waals surface area (Å²) in [6, 6.07) is -0.992. The van der Waals surface area contributed by atoms with E-state index >= 15 is 0 Å². The molecule has 0 saturated carbocycles. The van der Waals surface area contributed by atoms with Crippen molar-refractivity contribution in [3.05, 3.63) is 48.6 Å². The highest BCUT2D eigenvalue weighted by molar-refractivity contribution is 5.76. The average molecular weight is 1480 g/mol. The van der Waals surface area contributed by atoms with Crippen LogP contribution in [-0.2, 0) is 33.2 Å². The van der Waals surface area contributed by atoms with E-state index in [1.165, 1.54) is 276 Å². The predicted octanol–water partition coefficient (Wildman–Crippen LogP) is 15.2. The van der Waals surface area contributed by atoms with Crippen molar-refractivity contribution in [1.82, 2.24) is 5.32 Å². The van der Waals surface area contributed by atoms with Crippen LogP contribution in [0.25, 0.3) is 0 Å². The maximum Gasteiger partial charge on any atom is 0.220 e. The molecule has 3 rings (SSSR count). The molecule has 0 radical (unpaired) electrons. The van der Waals surface area contributed by atoms with Gasteiger partial charge in [0.15, 0.2) is 18.9 Å². The number of amides is 1. The third-order valence-electron chi connectivity index (χ3n) is 21.3. The van der Waals surface area contributed by atoms with E-state index in [0.717, 1.165) is 44.9 Å². The molecule has 610 valence electrons. The summed E-state index contributed by atoms with van der Waals surface area (Å²) in [4.78, 5) is 13.5. The number of ether oxygens (including phenoxy) is 6. The fourth-order valence-corrected chi connectivity index (χ4v) is 14.5. The molecule has 3 aliphatic rings. The first-order chi connectivity index (χ1) is 50.8. The van der Waals surface area contributed by atoms with E-state index in [9.17, 15) is 61.0 Å². The molecule has 0 bridgehead atoms. The molecule has 3 aliphatic heterocycles. The summed E-state index contributed by atoms with van der Waals surface area (Å²) in [6.45, 7) is 1.76.